The summed E-state index contributed by atoms with van der Waals surface area (Å²) in [5, 5.41) is 0. The van der Waals surface area contributed by atoms with Crippen molar-refractivity contribution in [1.82, 2.24) is 0 Å². The number of hydrogen-bond acceptors (Lipinski definition) is 13. The summed E-state index contributed by atoms with van der Waals surface area (Å²) in [6, 6.07) is 51.5. The third-order valence-electron chi connectivity index (χ3n) is 12.5. The third kappa shape index (κ3) is 23.1. The number of benzene rings is 6. The molecule has 18 heteroatoms. The molecule has 11 rings (SSSR count). The molecule has 82 heavy (non-hydrogen) atoms. The van der Waals surface area contributed by atoms with Crippen molar-refractivity contribution < 1.29 is 61.8 Å². The molecule has 438 valence electrons. The van der Waals surface area contributed by atoms with Gasteiger partial charge in [0, 0.05) is 50.5 Å². The maximum absolute atomic E-state index is 12.0. The zero-order valence-electron chi connectivity index (χ0n) is 47.8. The zero-order chi connectivity index (χ0) is 57.8. The molecule has 5 saturated heterocycles. The Morgan fingerprint density at radius 1 is 0.378 bits per heavy atom. The van der Waals surface area contributed by atoms with Gasteiger partial charge in [-0.15, -0.1) is 0 Å². The Labute approximate surface area is 499 Å². The van der Waals surface area contributed by atoms with Crippen molar-refractivity contribution in [2.75, 3.05) is 124 Å². The highest BCUT2D eigenvalue weighted by atomic mass is 32.2. The second-order valence-electron chi connectivity index (χ2n) is 19.6. The zero-order valence-corrected chi connectivity index (χ0v) is 51.9. The van der Waals surface area contributed by atoms with Crippen LogP contribution in [0.1, 0.15) is 38.1 Å². The van der Waals surface area contributed by atoms with Crippen molar-refractivity contribution in [3.63, 3.8) is 0 Å². The quantitative estimate of drug-likeness (QED) is 0.0556. The van der Waals surface area contributed by atoms with Gasteiger partial charge in [0.25, 0.3) is 0 Å². The number of ether oxygens (including phenoxy) is 10. The fraction of sp³-hybridized carbons (Fsp3) is 0.391. The van der Waals surface area contributed by atoms with Crippen LogP contribution in [0.2, 0.25) is 0 Å². The monoisotopic (exact) mass is 1220 g/mol. The molecule has 0 radical (unpaired) electrons. The topological polar surface area (TPSA) is 144 Å². The first-order chi connectivity index (χ1) is 39.9. The number of carbonyl (C=O) groups is 3. The van der Waals surface area contributed by atoms with Gasteiger partial charge in [-0.3, -0.25) is 4.79 Å². The Bertz CT molecular complexity index is 2760. The molecule has 1 unspecified atom stereocenters. The van der Waals surface area contributed by atoms with E-state index in [0.29, 0.717) is 55.5 Å². The van der Waals surface area contributed by atoms with Gasteiger partial charge in [-0.05, 0) is 142 Å². The average molecular weight is 1220 g/mol. The Hall–Kier alpha value is -5.12. The molecule has 0 saturated carbocycles. The highest BCUT2D eigenvalue weighted by Crippen LogP contribution is 2.25. The summed E-state index contributed by atoms with van der Waals surface area (Å²) in [7, 11) is 3.32. The van der Waals surface area contributed by atoms with Crippen LogP contribution in [0, 0.1) is 0 Å². The Morgan fingerprint density at radius 3 is 1.04 bits per heavy atom. The van der Waals surface area contributed by atoms with Crippen molar-refractivity contribution in [3.05, 3.63) is 163 Å². The molecule has 5 heterocycles. The minimum atomic E-state index is -0.668. The van der Waals surface area contributed by atoms with Crippen molar-refractivity contribution in [1.29, 1.82) is 0 Å². The van der Waals surface area contributed by atoms with E-state index in [2.05, 4.69) is 54.6 Å². The fourth-order valence-corrected chi connectivity index (χ4v) is 17.4. The Kier molecular flexibility index (Phi) is 27.7. The summed E-state index contributed by atoms with van der Waals surface area (Å²) in [5.74, 6) is 13.1. The summed E-state index contributed by atoms with van der Waals surface area (Å²) >= 11 is 0. The SMILES string of the molecule is CC(=O)Oc1ccc([S+]2CCOCC2)cc1.CC(C)(C)OC(=O)Oc1ccc([S+]2CCOCC2)cc1.COc1ccc([S+]2CCOCC2)cc1.O=C(Oc1ccc([S+]2CCOCC2)cc1)c1ccccc1.c1ccc([S+]2CCOC2)cc1. The van der Waals surface area contributed by atoms with Crippen LogP contribution in [0.25, 0.3) is 0 Å². The summed E-state index contributed by atoms with van der Waals surface area (Å²) in [4.78, 5) is 41.1. The van der Waals surface area contributed by atoms with Crippen LogP contribution in [0.4, 0.5) is 4.79 Å². The molecule has 5 fully saturated rings. The second kappa shape index (κ2) is 35.2. The van der Waals surface area contributed by atoms with Gasteiger partial charge in [-0.25, -0.2) is 9.59 Å². The molecule has 0 spiro atoms. The van der Waals surface area contributed by atoms with E-state index in [4.69, 9.17) is 47.4 Å². The van der Waals surface area contributed by atoms with Gasteiger partial charge in [0.2, 0.25) is 5.94 Å². The average Bonchev–Trinajstić information content (AvgIpc) is 4.14. The first kappa shape index (κ1) is 64.4. The van der Waals surface area contributed by atoms with Crippen LogP contribution in [-0.2, 0) is 87.7 Å². The lowest BCUT2D eigenvalue weighted by Crippen LogP contribution is -2.26. The lowest BCUT2D eigenvalue weighted by molar-refractivity contribution is -0.131. The van der Waals surface area contributed by atoms with Crippen LogP contribution in [0.5, 0.6) is 23.0 Å². The summed E-state index contributed by atoms with van der Waals surface area (Å²) in [5.41, 5.74) is 0.0217. The van der Waals surface area contributed by atoms with Gasteiger partial charge in [-0.1, -0.05) is 36.4 Å². The smallest absolute Gasteiger partial charge is 0.497 e. The molecule has 0 N–H and O–H groups in total. The highest BCUT2D eigenvalue weighted by Gasteiger charge is 2.30. The van der Waals surface area contributed by atoms with E-state index >= 15 is 0 Å². The van der Waals surface area contributed by atoms with Crippen molar-refractivity contribution >= 4 is 72.6 Å². The van der Waals surface area contributed by atoms with Crippen LogP contribution < -0.4 is 18.9 Å². The number of rotatable bonds is 10. The predicted octanol–water partition coefficient (Wildman–Crippen LogP) is 10.9. The molecule has 6 aromatic carbocycles. The molecule has 5 aliphatic heterocycles. The van der Waals surface area contributed by atoms with E-state index in [1.165, 1.54) is 48.7 Å². The largest absolute Gasteiger partial charge is 0.514 e. The van der Waals surface area contributed by atoms with E-state index < -0.39 is 11.8 Å². The minimum absolute atomic E-state index is 0.258. The maximum Gasteiger partial charge on any atom is 0.514 e. The van der Waals surface area contributed by atoms with Gasteiger partial charge >= 0.3 is 18.1 Å². The maximum atomic E-state index is 12.0. The van der Waals surface area contributed by atoms with E-state index in [-0.39, 0.29) is 33.7 Å². The predicted molar refractivity (Wildman–Crippen MR) is 334 cm³/mol. The lowest BCUT2D eigenvalue weighted by Gasteiger charge is -2.18. The Morgan fingerprint density at radius 2 is 0.695 bits per heavy atom. The normalized spacial score (nSPS) is 17.7. The molecule has 5 aliphatic rings. The molecule has 0 aliphatic carbocycles. The van der Waals surface area contributed by atoms with Gasteiger partial charge in [-0.2, -0.15) is 0 Å². The molecule has 6 aromatic rings. The summed E-state index contributed by atoms with van der Waals surface area (Å²) in [6.07, 6.45) is -0.668. The van der Waals surface area contributed by atoms with Gasteiger partial charge < -0.3 is 47.4 Å². The molecular formula is C64H79O13S5+5. The molecule has 13 nitrogen and oxygen atoms in total. The van der Waals surface area contributed by atoms with Gasteiger partial charge in [0.05, 0.1) is 83.0 Å². The second-order valence-corrected chi connectivity index (χ2v) is 30.8. The van der Waals surface area contributed by atoms with Crippen LogP contribution >= 0.6 is 0 Å². The van der Waals surface area contributed by atoms with E-state index in [1.54, 1.807) is 19.2 Å². The molecule has 0 amide bonds. The number of hydrogen-bond donors (Lipinski definition) is 0. The number of esters is 2. The highest BCUT2D eigenvalue weighted by molar-refractivity contribution is 7.98. The van der Waals surface area contributed by atoms with E-state index in [9.17, 15) is 14.4 Å². The number of methoxy groups -OCH3 is 1. The Balaban J connectivity index is 0.000000150. The van der Waals surface area contributed by atoms with Crippen molar-refractivity contribution in [2.45, 2.75) is 57.8 Å². The van der Waals surface area contributed by atoms with Crippen molar-refractivity contribution in [3.8, 4) is 23.0 Å². The fourth-order valence-electron chi connectivity index (χ4n) is 8.35. The van der Waals surface area contributed by atoms with Crippen LogP contribution in [0.3, 0.4) is 0 Å². The summed E-state index contributed by atoms with van der Waals surface area (Å²) in [6.45, 7) is 14.7. The minimum Gasteiger partial charge on any atom is -0.497 e. The standard InChI is InChI=1S/C17H17O3S.C15H21O4S.C12H15O3S.C11H15O2S.C9H11OS/c18-17(14-4-2-1-3-5-14)20-15-6-8-16(9-7-15)21-12-10-19-11-13-21;1-15(2,3)19-14(16)18-12-4-6-13(7-5-12)20-10-8-17-9-11-20;1-10(13)15-11-2-4-12(5-3-11)16-8-6-14-7-9-16;1-12-10-2-4-11(5-3-10)14-8-6-13-7-9-14;1-2-4-9(5-3-1)11-7-6-10-8-11/h1-9H,10-13H2;4-7H,8-11H2,1-3H3;2-5H,6-9H2,1H3;2-5H,6-9H2,1H3;1-5H,6-8H2/q5*+1. The molecular weight excluding hydrogens is 1140 g/mol. The van der Waals surface area contributed by atoms with Gasteiger partial charge in [0.1, 0.15) is 80.4 Å². The lowest BCUT2D eigenvalue weighted by atomic mass is 10.2. The van der Waals surface area contributed by atoms with E-state index in [1.807, 2.05) is 112 Å². The first-order valence-corrected chi connectivity index (χ1v) is 35.3. The van der Waals surface area contributed by atoms with Crippen LogP contribution in [-0.4, -0.2) is 148 Å². The van der Waals surface area contributed by atoms with Crippen LogP contribution in [0.15, 0.2) is 182 Å². The van der Waals surface area contributed by atoms with E-state index in [0.717, 1.165) is 106 Å². The summed E-state index contributed by atoms with van der Waals surface area (Å²) < 4.78 is 52.5. The molecule has 0 bridgehead atoms. The first-order valence-electron chi connectivity index (χ1n) is 27.5. The molecule has 1 atom stereocenters. The molecule has 0 aromatic heterocycles. The van der Waals surface area contributed by atoms with Gasteiger partial charge in [0.15, 0.2) is 24.5 Å². The number of carbonyl (C=O) groups excluding carboxylic acids is 3. The van der Waals surface area contributed by atoms with Crippen molar-refractivity contribution in [2.24, 2.45) is 0 Å². The third-order valence-corrected chi connectivity index (χ3v) is 23.6.